The molecular formula is C9H16N2S. The molecule has 0 bridgehead atoms. The molecule has 0 aromatic carbocycles. The lowest BCUT2D eigenvalue weighted by atomic mass is 10.1. The van der Waals surface area contributed by atoms with Gasteiger partial charge in [-0.2, -0.15) is 11.3 Å². The standard InChI is InChI=1S/C9H16N2S/c1-10-9(6-11(2)3)8-4-5-12-7-8/h4-5,7,9-10H,6H2,1-3H3. The maximum absolute atomic E-state index is 3.30. The summed E-state index contributed by atoms with van der Waals surface area (Å²) >= 11 is 1.75. The summed E-state index contributed by atoms with van der Waals surface area (Å²) in [6, 6.07) is 2.64. The number of hydrogen-bond donors (Lipinski definition) is 1. The Morgan fingerprint density at radius 1 is 1.58 bits per heavy atom. The fourth-order valence-corrected chi connectivity index (χ4v) is 1.92. The van der Waals surface area contributed by atoms with Crippen LogP contribution in [-0.2, 0) is 0 Å². The maximum atomic E-state index is 3.30. The van der Waals surface area contributed by atoms with Crippen molar-refractivity contribution >= 4 is 11.3 Å². The number of hydrogen-bond acceptors (Lipinski definition) is 3. The summed E-state index contributed by atoms with van der Waals surface area (Å²) in [5.41, 5.74) is 1.39. The molecule has 1 aromatic rings. The molecule has 1 N–H and O–H groups in total. The van der Waals surface area contributed by atoms with Crippen LogP contribution in [0.4, 0.5) is 0 Å². The van der Waals surface area contributed by atoms with E-state index in [0.29, 0.717) is 6.04 Å². The highest BCUT2D eigenvalue weighted by atomic mass is 32.1. The van der Waals surface area contributed by atoms with Gasteiger partial charge in [0.05, 0.1) is 0 Å². The van der Waals surface area contributed by atoms with E-state index in [4.69, 9.17) is 0 Å². The van der Waals surface area contributed by atoms with Gasteiger partial charge in [-0.05, 0) is 43.5 Å². The Bertz CT molecular complexity index is 206. The second-order valence-corrected chi connectivity index (χ2v) is 3.94. The Morgan fingerprint density at radius 2 is 2.33 bits per heavy atom. The summed E-state index contributed by atoms with van der Waals surface area (Å²) in [5.74, 6) is 0. The van der Waals surface area contributed by atoms with Crippen molar-refractivity contribution in [1.29, 1.82) is 0 Å². The maximum Gasteiger partial charge on any atom is 0.0454 e. The lowest BCUT2D eigenvalue weighted by molar-refractivity contribution is 0.353. The first-order chi connectivity index (χ1) is 5.74. The second-order valence-electron chi connectivity index (χ2n) is 3.16. The number of thiophene rings is 1. The van der Waals surface area contributed by atoms with Crippen molar-refractivity contribution in [2.24, 2.45) is 0 Å². The Hall–Kier alpha value is -0.380. The fourth-order valence-electron chi connectivity index (χ4n) is 1.20. The largest absolute Gasteiger partial charge is 0.312 e. The predicted molar refractivity (Wildman–Crippen MR) is 54.7 cm³/mol. The van der Waals surface area contributed by atoms with Crippen molar-refractivity contribution in [1.82, 2.24) is 10.2 Å². The van der Waals surface area contributed by atoms with Crippen LogP contribution in [-0.4, -0.2) is 32.6 Å². The van der Waals surface area contributed by atoms with Gasteiger partial charge in [-0.3, -0.25) is 0 Å². The molecule has 1 unspecified atom stereocenters. The second kappa shape index (κ2) is 4.60. The minimum atomic E-state index is 0.464. The third kappa shape index (κ3) is 2.59. The van der Waals surface area contributed by atoms with Gasteiger partial charge < -0.3 is 10.2 Å². The molecule has 0 amide bonds. The molecule has 68 valence electrons. The number of likely N-dealkylation sites (N-methyl/N-ethyl adjacent to an activating group) is 2. The van der Waals surface area contributed by atoms with Gasteiger partial charge in [0.25, 0.3) is 0 Å². The van der Waals surface area contributed by atoms with Crippen LogP contribution in [0.3, 0.4) is 0 Å². The summed E-state index contributed by atoms with van der Waals surface area (Å²) in [7, 11) is 6.19. The van der Waals surface area contributed by atoms with Crippen LogP contribution in [0.5, 0.6) is 0 Å². The molecule has 0 spiro atoms. The zero-order chi connectivity index (χ0) is 8.97. The van der Waals surface area contributed by atoms with Gasteiger partial charge in [-0.15, -0.1) is 0 Å². The van der Waals surface area contributed by atoms with Crippen LogP contribution >= 0.6 is 11.3 Å². The van der Waals surface area contributed by atoms with Crippen molar-refractivity contribution in [2.75, 3.05) is 27.7 Å². The van der Waals surface area contributed by atoms with Gasteiger partial charge in [-0.25, -0.2) is 0 Å². The summed E-state index contributed by atoms with van der Waals surface area (Å²) in [6.07, 6.45) is 0. The average Bonchev–Trinajstić information content (AvgIpc) is 2.51. The van der Waals surface area contributed by atoms with Crippen LogP contribution < -0.4 is 5.32 Å². The molecule has 1 aromatic heterocycles. The van der Waals surface area contributed by atoms with Gasteiger partial charge in [0.15, 0.2) is 0 Å². The van der Waals surface area contributed by atoms with Crippen molar-refractivity contribution in [3.8, 4) is 0 Å². The van der Waals surface area contributed by atoms with Crippen LogP contribution in [0.15, 0.2) is 16.8 Å². The topological polar surface area (TPSA) is 15.3 Å². The Balaban J connectivity index is 2.57. The molecule has 0 aliphatic rings. The molecule has 0 fully saturated rings. The summed E-state index contributed by atoms with van der Waals surface area (Å²) in [5, 5.41) is 7.62. The van der Waals surface area contributed by atoms with E-state index in [1.165, 1.54) is 5.56 Å². The third-order valence-electron chi connectivity index (χ3n) is 1.84. The quantitative estimate of drug-likeness (QED) is 0.764. The normalized spacial score (nSPS) is 13.7. The smallest absolute Gasteiger partial charge is 0.0454 e. The van der Waals surface area contributed by atoms with E-state index in [1.807, 2.05) is 7.05 Å². The van der Waals surface area contributed by atoms with Crippen LogP contribution in [0, 0.1) is 0 Å². The van der Waals surface area contributed by atoms with Crippen molar-refractivity contribution in [2.45, 2.75) is 6.04 Å². The monoisotopic (exact) mass is 184 g/mol. The molecule has 1 rings (SSSR count). The molecule has 0 saturated heterocycles. The van der Waals surface area contributed by atoms with Gasteiger partial charge >= 0.3 is 0 Å². The average molecular weight is 184 g/mol. The van der Waals surface area contributed by atoms with Gasteiger partial charge in [0, 0.05) is 12.6 Å². The minimum Gasteiger partial charge on any atom is -0.312 e. The molecular weight excluding hydrogens is 168 g/mol. The fraction of sp³-hybridized carbons (Fsp3) is 0.556. The highest BCUT2D eigenvalue weighted by Gasteiger charge is 2.09. The van der Waals surface area contributed by atoms with E-state index < -0.39 is 0 Å². The van der Waals surface area contributed by atoms with Gasteiger partial charge in [0.1, 0.15) is 0 Å². The van der Waals surface area contributed by atoms with E-state index in [9.17, 15) is 0 Å². The summed E-state index contributed by atoms with van der Waals surface area (Å²) in [6.45, 7) is 1.05. The van der Waals surface area contributed by atoms with Gasteiger partial charge in [0.2, 0.25) is 0 Å². The summed E-state index contributed by atoms with van der Waals surface area (Å²) < 4.78 is 0. The number of nitrogens with one attached hydrogen (secondary N) is 1. The molecule has 3 heteroatoms. The molecule has 0 radical (unpaired) electrons. The molecule has 1 atom stereocenters. The molecule has 0 aliphatic heterocycles. The van der Waals surface area contributed by atoms with Crippen molar-refractivity contribution < 1.29 is 0 Å². The van der Waals surface area contributed by atoms with Crippen molar-refractivity contribution in [3.05, 3.63) is 22.4 Å². The Morgan fingerprint density at radius 3 is 2.75 bits per heavy atom. The zero-order valence-corrected chi connectivity index (χ0v) is 8.69. The first kappa shape index (κ1) is 9.71. The zero-order valence-electron chi connectivity index (χ0n) is 7.87. The molecule has 0 aliphatic carbocycles. The lowest BCUT2D eigenvalue weighted by Crippen LogP contribution is -2.28. The predicted octanol–water partition coefficient (Wildman–Crippen LogP) is 1.57. The molecule has 2 nitrogen and oxygen atoms in total. The third-order valence-corrected chi connectivity index (χ3v) is 2.54. The number of nitrogens with zero attached hydrogens (tertiary/aromatic N) is 1. The number of rotatable bonds is 4. The Kier molecular flexibility index (Phi) is 3.72. The van der Waals surface area contributed by atoms with Crippen LogP contribution in [0.2, 0.25) is 0 Å². The van der Waals surface area contributed by atoms with Crippen molar-refractivity contribution in [3.63, 3.8) is 0 Å². The minimum absolute atomic E-state index is 0.464. The van der Waals surface area contributed by atoms with Gasteiger partial charge in [-0.1, -0.05) is 0 Å². The van der Waals surface area contributed by atoms with Crippen LogP contribution in [0.25, 0.3) is 0 Å². The van der Waals surface area contributed by atoms with E-state index in [2.05, 4.69) is 41.1 Å². The van der Waals surface area contributed by atoms with E-state index in [0.717, 1.165) is 6.54 Å². The first-order valence-electron chi connectivity index (χ1n) is 4.08. The Labute approximate surface area is 78.2 Å². The molecule has 1 heterocycles. The SMILES string of the molecule is CNC(CN(C)C)c1ccsc1. The first-order valence-corrected chi connectivity index (χ1v) is 5.02. The van der Waals surface area contributed by atoms with E-state index in [-0.39, 0.29) is 0 Å². The molecule has 12 heavy (non-hydrogen) atoms. The summed E-state index contributed by atoms with van der Waals surface area (Å²) in [4.78, 5) is 2.19. The molecule has 0 saturated carbocycles. The van der Waals surface area contributed by atoms with E-state index >= 15 is 0 Å². The lowest BCUT2D eigenvalue weighted by Gasteiger charge is -2.19. The highest BCUT2D eigenvalue weighted by molar-refractivity contribution is 7.07. The highest BCUT2D eigenvalue weighted by Crippen LogP contribution is 2.16. The van der Waals surface area contributed by atoms with Crippen LogP contribution in [0.1, 0.15) is 11.6 Å². The van der Waals surface area contributed by atoms with E-state index in [1.54, 1.807) is 11.3 Å².